The normalized spacial score (nSPS) is 11.0. The van der Waals surface area contributed by atoms with Crippen LogP contribution in [0.4, 0.5) is 5.69 Å². The lowest BCUT2D eigenvalue weighted by Crippen LogP contribution is -2.34. The molecule has 0 radical (unpaired) electrons. The Hall–Kier alpha value is -2.29. The molecular formula is C18H21NO2. The van der Waals surface area contributed by atoms with Gasteiger partial charge in [-0.1, -0.05) is 30.3 Å². The zero-order valence-corrected chi connectivity index (χ0v) is 12.9. The first-order chi connectivity index (χ1) is 9.95. The van der Waals surface area contributed by atoms with Gasteiger partial charge in [0.2, 0.25) is 5.91 Å². The van der Waals surface area contributed by atoms with Crippen molar-refractivity contribution < 1.29 is 9.53 Å². The van der Waals surface area contributed by atoms with Gasteiger partial charge < -0.3 is 10.1 Å². The first-order valence-corrected chi connectivity index (χ1v) is 6.97. The lowest BCUT2D eigenvalue weighted by Gasteiger charge is -2.25. The summed E-state index contributed by atoms with van der Waals surface area (Å²) in [4.78, 5) is 12.6. The molecule has 1 amide bonds. The number of methoxy groups -OCH3 is 1. The highest BCUT2D eigenvalue weighted by molar-refractivity contribution is 5.99. The van der Waals surface area contributed by atoms with Crippen molar-refractivity contribution in [1.29, 1.82) is 0 Å². The molecule has 0 fully saturated rings. The second-order valence-corrected chi connectivity index (χ2v) is 5.62. The van der Waals surface area contributed by atoms with E-state index in [1.807, 2.05) is 69.3 Å². The van der Waals surface area contributed by atoms with Gasteiger partial charge in [-0.3, -0.25) is 4.79 Å². The van der Waals surface area contributed by atoms with Crippen molar-refractivity contribution in [2.45, 2.75) is 26.2 Å². The Morgan fingerprint density at radius 1 is 1.05 bits per heavy atom. The van der Waals surface area contributed by atoms with E-state index in [4.69, 9.17) is 4.74 Å². The number of amides is 1. The molecule has 3 heteroatoms. The number of hydrogen-bond donors (Lipinski definition) is 1. The maximum absolute atomic E-state index is 12.6. The molecule has 0 aliphatic heterocycles. The lowest BCUT2D eigenvalue weighted by atomic mass is 9.83. The molecular weight excluding hydrogens is 262 g/mol. The maximum Gasteiger partial charge on any atom is 0.234 e. The van der Waals surface area contributed by atoms with Gasteiger partial charge in [0, 0.05) is 5.69 Å². The Morgan fingerprint density at radius 2 is 1.67 bits per heavy atom. The van der Waals surface area contributed by atoms with Gasteiger partial charge in [-0.25, -0.2) is 0 Å². The van der Waals surface area contributed by atoms with E-state index in [0.29, 0.717) is 0 Å². The molecule has 3 nitrogen and oxygen atoms in total. The van der Waals surface area contributed by atoms with E-state index in [-0.39, 0.29) is 5.91 Å². The van der Waals surface area contributed by atoms with Crippen LogP contribution < -0.4 is 10.1 Å². The third-order valence-corrected chi connectivity index (χ3v) is 3.77. The van der Waals surface area contributed by atoms with Crippen LogP contribution in [0.1, 0.15) is 25.0 Å². The van der Waals surface area contributed by atoms with E-state index in [0.717, 1.165) is 22.6 Å². The second-order valence-electron chi connectivity index (χ2n) is 5.62. The number of nitrogens with one attached hydrogen (secondary N) is 1. The largest absolute Gasteiger partial charge is 0.497 e. The predicted octanol–water partition coefficient (Wildman–Crippen LogP) is 3.92. The maximum atomic E-state index is 12.6. The van der Waals surface area contributed by atoms with Crippen LogP contribution in [-0.2, 0) is 10.2 Å². The molecule has 110 valence electrons. The molecule has 0 aliphatic carbocycles. The minimum Gasteiger partial charge on any atom is -0.497 e. The van der Waals surface area contributed by atoms with Gasteiger partial charge in [0.1, 0.15) is 5.75 Å². The molecule has 0 bridgehead atoms. The molecule has 1 N–H and O–H groups in total. The van der Waals surface area contributed by atoms with Gasteiger partial charge in [0.15, 0.2) is 0 Å². The van der Waals surface area contributed by atoms with Crippen LogP contribution in [0.2, 0.25) is 0 Å². The van der Waals surface area contributed by atoms with Gasteiger partial charge in [-0.05, 0) is 50.1 Å². The van der Waals surface area contributed by atoms with Crippen molar-refractivity contribution in [2.24, 2.45) is 0 Å². The number of hydrogen-bond acceptors (Lipinski definition) is 2. The number of rotatable bonds is 4. The zero-order chi connectivity index (χ0) is 15.5. The minimum atomic E-state index is -0.617. The molecule has 2 aromatic carbocycles. The van der Waals surface area contributed by atoms with Crippen LogP contribution >= 0.6 is 0 Å². The fraction of sp³-hybridized carbons (Fsp3) is 0.278. The average molecular weight is 283 g/mol. The number of benzene rings is 2. The summed E-state index contributed by atoms with van der Waals surface area (Å²) in [7, 11) is 1.63. The summed E-state index contributed by atoms with van der Waals surface area (Å²) in [5.74, 6) is 0.760. The van der Waals surface area contributed by atoms with Gasteiger partial charge in [-0.2, -0.15) is 0 Å². The standard InChI is InChI=1S/C18H21NO2/c1-13-7-5-6-8-16(13)19-17(20)18(2,3)14-9-11-15(21-4)12-10-14/h5-12H,1-4H3,(H,19,20). The molecule has 0 heterocycles. The minimum absolute atomic E-state index is 0.0260. The van der Waals surface area contributed by atoms with Gasteiger partial charge >= 0.3 is 0 Å². The highest BCUT2D eigenvalue weighted by Gasteiger charge is 2.30. The Balaban J connectivity index is 2.21. The lowest BCUT2D eigenvalue weighted by molar-refractivity contribution is -0.120. The van der Waals surface area contributed by atoms with E-state index in [9.17, 15) is 4.79 Å². The average Bonchev–Trinajstić information content (AvgIpc) is 2.49. The number of anilines is 1. The van der Waals surface area contributed by atoms with Crippen LogP contribution in [0.5, 0.6) is 5.75 Å². The summed E-state index contributed by atoms with van der Waals surface area (Å²) in [6.07, 6.45) is 0. The quantitative estimate of drug-likeness (QED) is 0.923. The third kappa shape index (κ3) is 3.24. The van der Waals surface area contributed by atoms with Crippen LogP contribution in [0.15, 0.2) is 48.5 Å². The molecule has 0 saturated heterocycles. The monoisotopic (exact) mass is 283 g/mol. The van der Waals surface area contributed by atoms with Crippen molar-refractivity contribution in [1.82, 2.24) is 0 Å². The Morgan fingerprint density at radius 3 is 2.24 bits per heavy atom. The van der Waals surface area contributed by atoms with Crippen molar-refractivity contribution >= 4 is 11.6 Å². The molecule has 2 rings (SSSR count). The molecule has 0 aliphatic rings. The Kier molecular flexibility index (Phi) is 4.32. The Labute approximate surface area is 126 Å². The molecule has 0 atom stereocenters. The fourth-order valence-electron chi connectivity index (χ4n) is 2.13. The zero-order valence-electron chi connectivity index (χ0n) is 12.9. The van der Waals surface area contributed by atoms with Gasteiger partial charge in [-0.15, -0.1) is 0 Å². The summed E-state index contributed by atoms with van der Waals surface area (Å²) in [5, 5.41) is 3.01. The Bertz CT molecular complexity index is 630. The van der Waals surface area contributed by atoms with Crippen LogP contribution in [0.25, 0.3) is 0 Å². The fourth-order valence-corrected chi connectivity index (χ4v) is 2.13. The first-order valence-electron chi connectivity index (χ1n) is 6.97. The van der Waals surface area contributed by atoms with Crippen molar-refractivity contribution in [2.75, 3.05) is 12.4 Å². The van der Waals surface area contributed by atoms with Crippen LogP contribution in [0.3, 0.4) is 0 Å². The second kappa shape index (κ2) is 6.00. The highest BCUT2D eigenvalue weighted by atomic mass is 16.5. The van der Waals surface area contributed by atoms with Gasteiger partial charge in [0.05, 0.1) is 12.5 Å². The summed E-state index contributed by atoms with van der Waals surface area (Å²) in [6.45, 7) is 5.82. The number of para-hydroxylation sites is 1. The molecule has 2 aromatic rings. The summed E-state index contributed by atoms with van der Waals surface area (Å²) >= 11 is 0. The van der Waals surface area contributed by atoms with Crippen molar-refractivity contribution in [3.63, 3.8) is 0 Å². The number of carbonyl (C=O) groups is 1. The van der Waals surface area contributed by atoms with Crippen LogP contribution in [-0.4, -0.2) is 13.0 Å². The first kappa shape index (κ1) is 15.1. The summed E-state index contributed by atoms with van der Waals surface area (Å²) in [5.41, 5.74) is 2.24. The molecule has 0 aromatic heterocycles. The molecule has 0 unspecified atom stereocenters. The summed E-state index contributed by atoms with van der Waals surface area (Å²) in [6, 6.07) is 15.4. The highest BCUT2D eigenvalue weighted by Crippen LogP contribution is 2.27. The SMILES string of the molecule is COc1ccc(C(C)(C)C(=O)Nc2ccccc2C)cc1. The number of aryl methyl sites for hydroxylation is 1. The molecule has 0 spiro atoms. The topological polar surface area (TPSA) is 38.3 Å². The van der Waals surface area contributed by atoms with Crippen molar-refractivity contribution in [3.05, 3.63) is 59.7 Å². The van der Waals surface area contributed by atoms with Gasteiger partial charge in [0.25, 0.3) is 0 Å². The predicted molar refractivity (Wildman–Crippen MR) is 85.8 cm³/mol. The van der Waals surface area contributed by atoms with E-state index >= 15 is 0 Å². The van der Waals surface area contributed by atoms with E-state index in [1.54, 1.807) is 7.11 Å². The smallest absolute Gasteiger partial charge is 0.234 e. The molecule has 0 saturated carbocycles. The van der Waals surface area contributed by atoms with E-state index < -0.39 is 5.41 Å². The van der Waals surface area contributed by atoms with Crippen LogP contribution in [0, 0.1) is 6.92 Å². The summed E-state index contributed by atoms with van der Waals surface area (Å²) < 4.78 is 5.15. The van der Waals surface area contributed by atoms with E-state index in [1.165, 1.54) is 0 Å². The van der Waals surface area contributed by atoms with Crippen molar-refractivity contribution in [3.8, 4) is 5.75 Å². The number of carbonyl (C=O) groups excluding carboxylic acids is 1. The third-order valence-electron chi connectivity index (χ3n) is 3.77. The number of ether oxygens (including phenoxy) is 1. The van der Waals surface area contributed by atoms with E-state index in [2.05, 4.69) is 5.32 Å². The molecule has 21 heavy (non-hydrogen) atoms.